The highest BCUT2D eigenvalue weighted by Crippen LogP contribution is 2.11. The first-order valence-electron chi connectivity index (χ1n) is 6.47. The third kappa shape index (κ3) is 5.10. The fourth-order valence-corrected chi connectivity index (χ4v) is 1.42. The van der Waals surface area contributed by atoms with Gasteiger partial charge in [-0.2, -0.15) is 5.26 Å². The zero-order valence-corrected chi connectivity index (χ0v) is 12.6. The number of aliphatic imine (C=N–C) groups is 1. The van der Waals surface area contributed by atoms with Gasteiger partial charge in [0.25, 0.3) is 0 Å². The number of carbonyl (C=O) groups excluding carboxylic acids is 1. The van der Waals surface area contributed by atoms with Gasteiger partial charge in [0.1, 0.15) is 0 Å². The first-order valence-corrected chi connectivity index (χ1v) is 6.47. The Kier molecular flexibility index (Phi) is 5.67. The Labute approximate surface area is 124 Å². The summed E-state index contributed by atoms with van der Waals surface area (Å²) in [5.41, 5.74) is 0.621. The monoisotopic (exact) mass is 289 g/mol. The highest BCUT2D eigenvalue weighted by molar-refractivity contribution is 5.96. The van der Waals surface area contributed by atoms with Crippen LogP contribution in [-0.4, -0.2) is 29.6 Å². The highest BCUT2D eigenvalue weighted by atomic mass is 16.5. The molecular formula is C14H19N5O2. The Morgan fingerprint density at radius 2 is 2.24 bits per heavy atom. The molecule has 0 saturated carbocycles. The van der Waals surface area contributed by atoms with Crippen LogP contribution >= 0.6 is 0 Å². The maximum absolute atomic E-state index is 11.5. The largest absolute Gasteiger partial charge is 0.465 e. The van der Waals surface area contributed by atoms with Crippen LogP contribution in [0.15, 0.2) is 23.5 Å². The summed E-state index contributed by atoms with van der Waals surface area (Å²) in [7, 11) is 1.30. The van der Waals surface area contributed by atoms with Crippen molar-refractivity contribution in [1.29, 1.82) is 5.26 Å². The topological polar surface area (TPSA) is 99.4 Å². The molecular weight excluding hydrogens is 270 g/mol. The molecule has 0 amide bonds. The predicted octanol–water partition coefficient (Wildman–Crippen LogP) is 1.90. The fraction of sp³-hybridized carbons (Fsp3) is 0.429. The summed E-state index contributed by atoms with van der Waals surface area (Å²) in [6.07, 6.45) is 5.51. The Hall–Kier alpha value is -2.62. The zero-order chi connectivity index (χ0) is 15.9. The number of methoxy groups -OCH3 is 1. The van der Waals surface area contributed by atoms with Crippen molar-refractivity contribution in [3.63, 3.8) is 0 Å². The van der Waals surface area contributed by atoms with Gasteiger partial charge in [0.15, 0.2) is 0 Å². The molecule has 1 aromatic rings. The number of ether oxygens (including phenoxy) is 1. The Bertz CT molecular complexity index is 575. The highest BCUT2D eigenvalue weighted by Gasteiger charge is 2.17. The minimum atomic E-state index is -0.480. The van der Waals surface area contributed by atoms with Gasteiger partial charge in [-0.1, -0.05) is 6.92 Å². The standard InChI is InChI=1S/C14H19N5O2/c1-5-14(2,3)19-13(17-9-15)18-11-6-10(7-16-8-11)12(20)21-4/h6-8H,5H2,1-4H3,(H2,17,18,19). The molecule has 7 heteroatoms. The van der Waals surface area contributed by atoms with E-state index in [-0.39, 0.29) is 5.54 Å². The lowest BCUT2D eigenvalue weighted by Gasteiger charge is -2.26. The number of anilines is 1. The van der Waals surface area contributed by atoms with Crippen molar-refractivity contribution in [2.75, 3.05) is 12.4 Å². The molecule has 0 aliphatic rings. The third-order valence-corrected chi connectivity index (χ3v) is 2.92. The van der Waals surface area contributed by atoms with Gasteiger partial charge in [-0.05, 0) is 26.3 Å². The van der Waals surface area contributed by atoms with E-state index >= 15 is 0 Å². The number of hydrogen-bond donors (Lipinski definition) is 2. The molecule has 0 unspecified atom stereocenters. The zero-order valence-electron chi connectivity index (χ0n) is 12.6. The second-order valence-corrected chi connectivity index (χ2v) is 5.00. The average molecular weight is 289 g/mol. The van der Waals surface area contributed by atoms with Crippen LogP contribution in [-0.2, 0) is 4.74 Å². The first-order chi connectivity index (χ1) is 9.91. The van der Waals surface area contributed by atoms with E-state index in [0.29, 0.717) is 17.2 Å². The van der Waals surface area contributed by atoms with Gasteiger partial charge in [0.2, 0.25) is 12.2 Å². The lowest BCUT2D eigenvalue weighted by atomic mass is 10.0. The van der Waals surface area contributed by atoms with E-state index in [0.717, 1.165) is 6.42 Å². The van der Waals surface area contributed by atoms with Gasteiger partial charge in [0, 0.05) is 11.7 Å². The van der Waals surface area contributed by atoms with Crippen LogP contribution in [0.4, 0.5) is 5.69 Å². The van der Waals surface area contributed by atoms with Crippen LogP contribution in [0, 0.1) is 11.5 Å². The van der Waals surface area contributed by atoms with Crippen molar-refractivity contribution in [3.8, 4) is 6.19 Å². The summed E-state index contributed by atoms with van der Waals surface area (Å²) >= 11 is 0. The molecule has 0 aromatic carbocycles. The molecule has 0 atom stereocenters. The molecule has 2 N–H and O–H groups in total. The number of nitrogens with zero attached hydrogens (tertiary/aromatic N) is 3. The molecule has 21 heavy (non-hydrogen) atoms. The van der Waals surface area contributed by atoms with Crippen molar-refractivity contribution in [3.05, 3.63) is 24.0 Å². The summed E-state index contributed by atoms with van der Waals surface area (Å²) < 4.78 is 4.64. The van der Waals surface area contributed by atoms with Gasteiger partial charge >= 0.3 is 5.97 Å². The minimum absolute atomic E-state index is 0.226. The first kappa shape index (κ1) is 16.4. The second kappa shape index (κ2) is 7.24. The van der Waals surface area contributed by atoms with E-state index in [1.54, 1.807) is 12.3 Å². The second-order valence-electron chi connectivity index (χ2n) is 5.00. The van der Waals surface area contributed by atoms with Gasteiger partial charge in [-0.3, -0.25) is 4.98 Å². The molecule has 0 bridgehead atoms. The van der Waals surface area contributed by atoms with Crippen LogP contribution in [0.5, 0.6) is 0 Å². The molecule has 1 heterocycles. The lowest BCUT2D eigenvalue weighted by Crippen LogP contribution is -2.46. The van der Waals surface area contributed by atoms with E-state index in [2.05, 4.69) is 25.3 Å². The van der Waals surface area contributed by atoms with Crippen molar-refractivity contribution in [2.24, 2.45) is 4.99 Å². The van der Waals surface area contributed by atoms with Crippen molar-refractivity contribution >= 4 is 17.6 Å². The van der Waals surface area contributed by atoms with Gasteiger partial charge in [-0.25, -0.2) is 4.79 Å². The van der Waals surface area contributed by atoms with Gasteiger partial charge in [-0.15, -0.1) is 4.99 Å². The number of pyridine rings is 1. The fourth-order valence-electron chi connectivity index (χ4n) is 1.42. The van der Waals surface area contributed by atoms with Crippen LogP contribution in [0.1, 0.15) is 37.6 Å². The van der Waals surface area contributed by atoms with Gasteiger partial charge in [0.05, 0.1) is 24.6 Å². The van der Waals surface area contributed by atoms with Crippen molar-refractivity contribution in [2.45, 2.75) is 32.7 Å². The molecule has 112 valence electrons. The van der Waals surface area contributed by atoms with E-state index in [4.69, 9.17) is 5.26 Å². The predicted molar refractivity (Wildman–Crippen MR) is 79.8 cm³/mol. The maximum Gasteiger partial charge on any atom is 0.339 e. The number of aromatic nitrogens is 1. The van der Waals surface area contributed by atoms with Crippen molar-refractivity contribution in [1.82, 2.24) is 10.3 Å². The molecule has 1 aromatic heterocycles. The number of esters is 1. The summed E-state index contributed by atoms with van der Waals surface area (Å²) in [6.45, 7) is 6.01. The van der Waals surface area contributed by atoms with Gasteiger partial charge < -0.3 is 15.4 Å². The number of guanidine groups is 1. The van der Waals surface area contributed by atoms with Crippen LogP contribution < -0.4 is 10.6 Å². The van der Waals surface area contributed by atoms with Crippen LogP contribution in [0.2, 0.25) is 0 Å². The molecule has 0 fully saturated rings. The molecule has 0 spiro atoms. The molecule has 0 aliphatic heterocycles. The molecule has 7 nitrogen and oxygen atoms in total. The summed E-state index contributed by atoms with van der Waals surface area (Å²) in [6, 6.07) is 1.58. The van der Waals surface area contributed by atoms with E-state index in [9.17, 15) is 4.79 Å². The number of nitrogens with one attached hydrogen (secondary N) is 2. The number of carbonyl (C=O) groups is 1. The SMILES string of the molecule is CCC(C)(C)N/C(=N\C#N)Nc1cncc(C(=O)OC)c1. The summed E-state index contributed by atoms with van der Waals surface area (Å²) in [5, 5.41) is 14.8. The lowest BCUT2D eigenvalue weighted by molar-refractivity contribution is 0.0600. The van der Waals surface area contributed by atoms with E-state index < -0.39 is 5.97 Å². The van der Waals surface area contributed by atoms with Crippen LogP contribution in [0.25, 0.3) is 0 Å². The average Bonchev–Trinajstić information content (AvgIpc) is 2.46. The van der Waals surface area contributed by atoms with E-state index in [1.165, 1.54) is 19.5 Å². The molecule has 0 radical (unpaired) electrons. The Morgan fingerprint density at radius 1 is 1.52 bits per heavy atom. The van der Waals surface area contributed by atoms with Crippen molar-refractivity contribution < 1.29 is 9.53 Å². The minimum Gasteiger partial charge on any atom is -0.465 e. The quantitative estimate of drug-likeness (QED) is 0.380. The van der Waals surface area contributed by atoms with E-state index in [1.807, 2.05) is 20.8 Å². The molecule has 0 aliphatic carbocycles. The number of rotatable bonds is 4. The Balaban J connectivity index is 2.93. The number of hydrogen-bond acceptors (Lipinski definition) is 5. The smallest absolute Gasteiger partial charge is 0.339 e. The maximum atomic E-state index is 11.5. The number of nitriles is 1. The molecule has 1 rings (SSSR count). The van der Waals surface area contributed by atoms with Crippen LogP contribution in [0.3, 0.4) is 0 Å². The Morgan fingerprint density at radius 3 is 2.81 bits per heavy atom. The summed E-state index contributed by atoms with van der Waals surface area (Å²) in [4.78, 5) is 19.1. The molecule has 0 saturated heterocycles. The summed E-state index contributed by atoms with van der Waals surface area (Å²) in [5.74, 6) is -0.181. The normalized spacial score (nSPS) is 11.5. The third-order valence-electron chi connectivity index (χ3n) is 2.92.